The van der Waals surface area contributed by atoms with E-state index in [1.165, 1.54) is 24.0 Å². The monoisotopic (exact) mass is 541 g/mol. The van der Waals surface area contributed by atoms with Crippen molar-refractivity contribution in [2.45, 2.75) is 77.8 Å². The largest absolute Gasteiger partial charge is 0.508 e. The van der Waals surface area contributed by atoms with E-state index in [0.717, 1.165) is 48.7 Å². The Morgan fingerprint density at radius 1 is 1.12 bits per heavy atom. The Bertz CT molecular complexity index is 1410. The molecule has 2 fully saturated rings. The Labute approximate surface area is 237 Å². The van der Waals surface area contributed by atoms with Crippen LogP contribution in [-0.2, 0) is 24.8 Å². The number of phenols is 1. The molecule has 2 heterocycles. The number of aromatic amines is 1. The number of hydrogen-bond acceptors (Lipinski definition) is 4. The molecule has 0 bridgehead atoms. The average Bonchev–Trinajstić information content (AvgIpc) is 3.79. The lowest BCUT2D eigenvalue weighted by molar-refractivity contribution is 0.0246. The van der Waals surface area contributed by atoms with Gasteiger partial charge in [-0.25, -0.2) is 0 Å². The van der Waals surface area contributed by atoms with Crippen LogP contribution in [0.25, 0.3) is 0 Å². The van der Waals surface area contributed by atoms with Crippen molar-refractivity contribution in [1.82, 2.24) is 15.2 Å². The van der Waals surface area contributed by atoms with Crippen LogP contribution in [0, 0.1) is 18.8 Å². The van der Waals surface area contributed by atoms with Gasteiger partial charge >= 0.3 is 0 Å². The molecule has 3 aromatic rings. The fourth-order valence-electron chi connectivity index (χ4n) is 7.05. The lowest BCUT2D eigenvalue weighted by atomic mass is 9.55. The number of H-pyrrole nitrogens is 1. The van der Waals surface area contributed by atoms with E-state index in [9.17, 15) is 14.7 Å². The maximum atomic E-state index is 13.1. The normalized spacial score (nSPS) is 23.8. The van der Waals surface area contributed by atoms with E-state index in [0.29, 0.717) is 24.9 Å². The highest BCUT2D eigenvalue weighted by atomic mass is 16.3. The van der Waals surface area contributed by atoms with Gasteiger partial charge in [0.15, 0.2) is 0 Å². The summed E-state index contributed by atoms with van der Waals surface area (Å²) in [4.78, 5) is 32.0. The Morgan fingerprint density at radius 3 is 2.60 bits per heavy atom. The number of aromatic nitrogens is 1. The number of amides is 1. The number of aromatic hydroxyl groups is 1. The van der Waals surface area contributed by atoms with Crippen molar-refractivity contribution in [2.75, 3.05) is 13.1 Å². The minimum Gasteiger partial charge on any atom is -0.508 e. The fourth-order valence-corrected chi connectivity index (χ4v) is 7.05. The first-order valence-electron chi connectivity index (χ1n) is 15.0. The molecule has 0 radical (unpaired) electrons. The first-order chi connectivity index (χ1) is 19.3. The van der Waals surface area contributed by atoms with Gasteiger partial charge in [-0.2, -0.15) is 0 Å². The van der Waals surface area contributed by atoms with Gasteiger partial charge < -0.3 is 20.3 Å². The zero-order valence-corrected chi connectivity index (χ0v) is 24.3. The first kappa shape index (κ1) is 28.2. The standard InChI is InChI=1S/C32H37N3O3.C2H6/c1-20-8-11-25(36)16-27(20)32-12-13-35(19-23-9-10-23)21(2)28(32)15-24-14-26(31(38)34-29(24)17-32)30(37)33-18-22-6-4-3-5-7-22;1-2/h3-8,11,14,16,21,23,28,36H,9-10,12-13,15,17-19H2,1-2H3,(H,33,37)(H,34,38);1-2H3. The van der Waals surface area contributed by atoms with Crippen molar-refractivity contribution in [1.29, 1.82) is 0 Å². The van der Waals surface area contributed by atoms with Crippen molar-refractivity contribution < 1.29 is 9.90 Å². The SMILES string of the molecule is CC.Cc1ccc(O)cc1C12CCN(CC3CC3)C(C)C1Cc1cc(C(=O)NCc3ccccc3)c(=O)[nH]c1C2. The summed E-state index contributed by atoms with van der Waals surface area (Å²) < 4.78 is 0. The second-order valence-corrected chi connectivity index (χ2v) is 11.8. The fraction of sp³-hybridized carbons (Fsp3) is 0.471. The summed E-state index contributed by atoms with van der Waals surface area (Å²) in [6, 6.07) is 17.6. The Kier molecular flexibility index (Phi) is 8.18. The lowest BCUT2D eigenvalue weighted by Gasteiger charge is -2.55. The smallest absolute Gasteiger partial charge is 0.261 e. The van der Waals surface area contributed by atoms with E-state index >= 15 is 0 Å². The van der Waals surface area contributed by atoms with E-state index in [-0.39, 0.29) is 28.2 Å². The van der Waals surface area contributed by atoms with Crippen LogP contribution in [-0.4, -0.2) is 40.0 Å². The zero-order valence-electron chi connectivity index (χ0n) is 24.3. The molecule has 3 N–H and O–H groups in total. The summed E-state index contributed by atoms with van der Waals surface area (Å²) in [5.74, 6) is 1.08. The molecule has 40 heavy (non-hydrogen) atoms. The number of carbonyl (C=O) groups excluding carboxylic acids is 1. The molecule has 2 aliphatic carbocycles. The van der Waals surface area contributed by atoms with E-state index in [1.807, 2.05) is 62.4 Å². The van der Waals surface area contributed by atoms with Crippen LogP contribution < -0.4 is 10.9 Å². The third-order valence-electron chi connectivity index (χ3n) is 9.35. The van der Waals surface area contributed by atoms with Gasteiger partial charge in [0.05, 0.1) is 0 Å². The van der Waals surface area contributed by atoms with Crippen molar-refractivity contribution in [3.8, 4) is 5.75 Å². The molecule has 6 heteroatoms. The minimum atomic E-state index is -0.342. The Balaban J connectivity index is 0.00000158. The van der Waals surface area contributed by atoms with Gasteiger partial charge in [0.1, 0.15) is 11.3 Å². The highest BCUT2D eigenvalue weighted by Crippen LogP contribution is 2.51. The number of benzene rings is 2. The van der Waals surface area contributed by atoms with E-state index in [1.54, 1.807) is 6.07 Å². The number of phenolic OH excluding ortho intramolecular Hbond substituents is 1. The van der Waals surface area contributed by atoms with Gasteiger partial charge in [0.2, 0.25) is 0 Å². The summed E-state index contributed by atoms with van der Waals surface area (Å²) in [7, 11) is 0. The van der Waals surface area contributed by atoms with E-state index < -0.39 is 0 Å². The number of pyridine rings is 1. The molecule has 1 amide bonds. The first-order valence-corrected chi connectivity index (χ1v) is 15.0. The third-order valence-corrected chi connectivity index (χ3v) is 9.35. The van der Waals surface area contributed by atoms with Crippen LogP contribution in [0.4, 0.5) is 0 Å². The molecule has 3 atom stereocenters. The maximum Gasteiger partial charge on any atom is 0.261 e. The molecule has 1 aliphatic heterocycles. The molecule has 2 aromatic carbocycles. The molecule has 1 aromatic heterocycles. The minimum absolute atomic E-state index is 0.171. The van der Waals surface area contributed by atoms with Gasteiger partial charge in [-0.05, 0) is 105 Å². The van der Waals surface area contributed by atoms with Gasteiger partial charge in [-0.3, -0.25) is 9.59 Å². The summed E-state index contributed by atoms with van der Waals surface area (Å²) in [5.41, 5.74) is 5.02. The number of aryl methyl sites for hydroxylation is 1. The zero-order chi connectivity index (χ0) is 28.4. The van der Waals surface area contributed by atoms with Crippen LogP contribution in [0.1, 0.15) is 78.3 Å². The van der Waals surface area contributed by atoms with Crippen LogP contribution in [0.3, 0.4) is 0 Å². The second-order valence-electron chi connectivity index (χ2n) is 11.8. The van der Waals surface area contributed by atoms with Crippen LogP contribution in [0.2, 0.25) is 0 Å². The molecule has 3 aliphatic rings. The molecule has 1 saturated heterocycles. The van der Waals surface area contributed by atoms with Crippen molar-refractivity contribution in [3.63, 3.8) is 0 Å². The van der Waals surface area contributed by atoms with Crippen LogP contribution >= 0.6 is 0 Å². The lowest BCUT2D eigenvalue weighted by Crippen LogP contribution is -2.59. The predicted molar refractivity (Wildman–Crippen MR) is 160 cm³/mol. The molecular weight excluding hydrogens is 498 g/mol. The third kappa shape index (κ3) is 5.46. The molecule has 1 saturated carbocycles. The van der Waals surface area contributed by atoms with Gasteiger partial charge in [-0.1, -0.05) is 50.2 Å². The summed E-state index contributed by atoms with van der Waals surface area (Å²) >= 11 is 0. The second kappa shape index (κ2) is 11.6. The van der Waals surface area contributed by atoms with Gasteiger partial charge in [-0.15, -0.1) is 0 Å². The molecule has 6 nitrogen and oxygen atoms in total. The molecule has 0 spiro atoms. The number of likely N-dealkylation sites (tertiary alicyclic amines) is 1. The van der Waals surface area contributed by atoms with Crippen LogP contribution in [0.5, 0.6) is 5.75 Å². The molecule has 3 unspecified atom stereocenters. The number of piperidine rings is 1. The van der Waals surface area contributed by atoms with Crippen molar-refractivity contribution in [3.05, 3.63) is 98.5 Å². The number of hydrogen-bond donors (Lipinski definition) is 3. The van der Waals surface area contributed by atoms with E-state index in [4.69, 9.17) is 0 Å². The van der Waals surface area contributed by atoms with Crippen molar-refractivity contribution in [2.24, 2.45) is 11.8 Å². The summed E-state index contributed by atoms with van der Waals surface area (Å²) in [5, 5.41) is 13.4. The number of rotatable bonds is 6. The highest BCUT2D eigenvalue weighted by Gasteiger charge is 2.51. The summed E-state index contributed by atoms with van der Waals surface area (Å²) in [6.07, 6.45) is 5.15. The number of nitrogens with one attached hydrogen (secondary N) is 2. The van der Waals surface area contributed by atoms with E-state index in [2.05, 4.69) is 29.0 Å². The Hall–Kier alpha value is -3.38. The number of nitrogens with zero attached hydrogens (tertiary/aromatic N) is 1. The van der Waals surface area contributed by atoms with Gasteiger partial charge in [0.25, 0.3) is 11.5 Å². The van der Waals surface area contributed by atoms with Crippen molar-refractivity contribution >= 4 is 5.91 Å². The van der Waals surface area contributed by atoms with Gasteiger partial charge in [0, 0.05) is 30.2 Å². The molecule has 212 valence electrons. The summed E-state index contributed by atoms with van der Waals surface area (Å²) in [6.45, 7) is 11.0. The number of carbonyl (C=O) groups is 1. The van der Waals surface area contributed by atoms with Crippen LogP contribution in [0.15, 0.2) is 59.4 Å². The topological polar surface area (TPSA) is 85.4 Å². The quantitative estimate of drug-likeness (QED) is 0.385. The predicted octanol–water partition coefficient (Wildman–Crippen LogP) is 5.50. The molecular formula is C34H43N3O3. The average molecular weight is 542 g/mol. The Morgan fingerprint density at radius 2 is 1.88 bits per heavy atom. The maximum absolute atomic E-state index is 13.1. The number of fused-ring (bicyclic) bond motifs is 2. The molecule has 6 rings (SSSR count). The highest BCUT2D eigenvalue weighted by molar-refractivity contribution is 5.94.